The molecule has 5 aliphatic rings. The van der Waals surface area contributed by atoms with Crippen molar-refractivity contribution in [3.05, 3.63) is 172 Å². The number of rotatable bonds is 6. The second-order valence-electron chi connectivity index (χ2n) is 17.5. The van der Waals surface area contributed by atoms with Gasteiger partial charge in [-0.05, 0) is 112 Å². The van der Waals surface area contributed by atoms with Crippen LogP contribution >= 0.6 is 15.9 Å². The minimum absolute atomic E-state index is 0.182. The van der Waals surface area contributed by atoms with E-state index in [1.165, 1.54) is 63.5 Å². The average molecular weight is 775 g/mol. The first-order chi connectivity index (χ1) is 26.8. The van der Waals surface area contributed by atoms with E-state index < -0.39 is 0 Å². The number of fused-ring (bicyclic) bond motifs is 3. The molecule has 6 aromatic carbocycles. The van der Waals surface area contributed by atoms with Crippen molar-refractivity contribution in [1.82, 2.24) is 15.0 Å². The van der Waals surface area contributed by atoms with Gasteiger partial charge < -0.3 is 0 Å². The topological polar surface area (TPSA) is 38.7 Å². The number of halogens is 1. The number of benzene rings is 6. The molecule has 0 N–H and O–H groups in total. The van der Waals surface area contributed by atoms with Crippen molar-refractivity contribution in [2.75, 3.05) is 0 Å². The summed E-state index contributed by atoms with van der Waals surface area (Å²) < 4.78 is 1.18. The van der Waals surface area contributed by atoms with Crippen LogP contribution in [0.4, 0.5) is 0 Å². The van der Waals surface area contributed by atoms with Gasteiger partial charge in [0, 0.05) is 37.4 Å². The molecule has 0 radical (unpaired) electrons. The molecule has 7 aromatic rings. The van der Waals surface area contributed by atoms with Gasteiger partial charge >= 0.3 is 0 Å². The van der Waals surface area contributed by atoms with Crippen molar-refractivity contribution in [2.45, 2.75) is 55.8 Å². The molecule has 4 fully saturated rings. The van der Waals surface area contributed by atoms with E-state index in [2.05, 4.69) is 139 Å². The molecule has 5 aliphatic carbocycles. The highest BCUT2D eigenvalue weighted by atomic mass is 79.9. The number of nitrogens with zero attached hydrogens (tertiary/aromatic N) is 3. The Hall–Kier alpha value is -5.19. The quantitative estimate of drug-likeness (QED) is 0.169. The fourth-order valence-corrected chi connectivity index (χ4v) is 13.1. The van der Waals surface area contributed by atoms with Crippen molar-refractivity contribution < 1.29 is 0 Å². The summed E-state index contributed by atoms with van der Waals surface area (Å²) in [4.78, 5) is 15.0. The van der Waals surface area contributed by atoms with Crippen molar-refractivity contribution in [2.24, 2.45) is 17.3 Å². The summed E-state index contributed by atoms with van der Waals surface area (Å²) >= 11 is 3.67. The van der Waals surface area contributed by atoms with Crippen LogP contribution in [0.25, 0.3) is 56.4 Å². The molecule has 0 bridgehead atoms. The first kappa shape index (κ1) is 32.1. The monoisotopic (exact) mass is 773 g/mol. The molecule has 5 unspecified atom stereocenters. The third-order valence-electron chi connectivity index (χ3n) is 15.0. The summed E-state index contributed by atoms with van der Waals surface area (Å²) in [6, 6.07) is 53.4. The Bertz CT molecular complexity index is 2640. The van der Waals surface area contributed by atoms with Crippen LogP contribution in [0.2, 0.25) is 0 Å². The lowest BCUT2D eigenvalue weighted by Crippen LogP contribution is -2.93. The zero-order chi connectivity index (χ0) is 36.7. The first-order valence-electron chi connectivity index (χ1n) is 19.8. The minimum Gasteiger partial charge on any atom is -0.208 e. The third kappa shape index (κ3) is 4.03. The van der Waals surface area contributed by atoms with E-state index >= 15 is 0 Å². The molecule has 3 nitrogen and oxygen atoms in total. The molecular weight excluding hydrogens is 734 g/mol. The molecule has 1 spiro atoms. The molecule has 0 aliphatic heterocycles. The Morgan fingerprint density at radius 1 is 0.491 bits per heavy atom. The van der Waals surface area contributed by atoms with E-state index in [0.717, 1.165) is 28.5 Å². The maximum atomic E-state index is 5.04. The minimum atomic E-state index is -0.182. The van der Waals surface area contributed by atoms with Crippen LogP contribution < -0.4 is 0 Å². The summed E-state index contributed by atoms with van der Waals surface area (Å²) in [6.45, 7) is 4.72. The fourth-order valence-electron chi connectivity index (χ4n) is 12.8. The Balaban J connectivity index is 0.864. The Labute approximate surface area is 331 Å². The highest BCUT2D eigenvalue weighted by Crippen LogP contribution is 2.97. The first-order valence-corrected chi connectivity index (χ1v) is 20.6. The van der Waals surface area contributed by atoms with Gasteiger partial charge in [-0.3, -0.25) is 0 Å². The lowest BCUT2D eigenvalue weighted by molar-refractivity contribution is -0.412. The maximum Gasteiger partial charge on any atom is 0.164 e. The van der Waals surface area contributed by atoms with Crippen LogP contribution in [0.3, 0.4) is 0 Å². The largest absolute Gasteiger partial charge is 0.208 e. The van der Waals surface area contributed by atoms with Gasteiger partial charge in [0.25, 0.3) is 0 Å². The van der Waals surface area contributed by atoms with Crippen LogP contribution in [0.1, 0.15) is 61.8 Å². The molecule has 0 amide bonds. The van der Waals surface area contributed by atoms with Gasteiger partial charge in [-0.25, -0.2) is 15.0 Å². The molecule has 0 saturated heterocycles. The summed E-state index contributed by atoms with van der Waals surface area (Å²) in [5.41, 5.74) is 15.1. The Morgan fingerprint density at radius 2 is 0.945 bits per heavy atom. The van der Waals surface area contributed by atoms with Crippen LogP contribution in [-0.4, -0.2) is 15.0 Å². The zero-order valence-electron chi connectivity index (χ0n) is 31.1. The Morgan fingerprint density at radius 3 is 1.47 bits per heavy atom. The molecule has 1 heterocycles. The van der Waals surface area contributed by atoms with Gasteiger partial charge in [0.05, 0.1) is 0 Å². The fraction of sp³-hybridized carbons (Fsp3) is 0.235. The van der Waals surface area contributed by atoms with E-state index in [4.69, 9.17) is 15.0 Å². The zero-order valence-corrected chi connectivity index (χ0v) is 32.6. The van der Waals surface area contributed by atoms with Crippen LogP contribution in [0.15, 0.2) is 150 Å². The third-order valence-corrected chi connectivity index (χ3v) is 15.6. The lowest BCUT2D eigenvalue weighted by Gasteiger charge is -2.96. The summed E-state index contributed by atoms with van der Waals surface area (Å²) in [7, 11) is 0. The number of hydrogen-bond acceptors (Lipinski definition) is 3. The molecule has 266 valence electrons. The molecular formula is C51H40BrN3. The van der Waals surface area contributed by atoms with Gasteiger partial charge in [-0.15, -0.1) is 0 Å². The number of aromatic nitrogens is 3. The van der Waals surface area contributed by atoms with E-state index in [9.17, 15) is 0 Å². The standard InChI is InChI=1S/C51H40BrN3/c1-48(2)43-25-34(31-13-17-36(18-14-31)49-28-38-27-39-29-50(30-49,51(38,39)49)37-19-21-40(52)22-20-37)15-23-41(43)42-24-16-35(26-44(42)48)47-54-45(32-9-5-3-6-10-32)53-46(55-47)33-11-7-4-8-12-33/h3-26,38-39H,27-30H2,1-2H3. The molecule has 55 heavy (non-hydrogen) atoms. The molecule has 4 heteroatoms. The normalized spacial score (nSPS) is 26.9. The summed E-state index contributed by atoms with van der Waals surface area (Å²) in [5.74, 6) is 3.87. The van der Waals surface area contributed by atoms with Crippen LogP contribution in [-0.2, 0) is 16.2 Å². The highest BCUT2D eigenvalue weighted by Gasteiger charge is 2.93. The van der Waals surface area contributed by atoms with Gasteiger partial charge in [0.15, 0.2) is 17.5 Å². The van der Waals surface area contributed by atoms with Gasteiger partial charge in [0.2, 0.25) is 0 Å². The predicted octanol–water partition coefficient (Wildman–Crippen LogP) is 12.6. The van der Waals surface area contributed by atoms with Crippen molar-refractivity contribution in [3.8, 4) is 56.4 Å². The lowest BCUT2D eigenvalue weighted by atomic mass is 9.07. The van der Waals surface area contributed by atoms with Gasteiger partial charge in [-0.1, -0.05) is 151 Å². The predicted molar refractivity (Wildman–Crippen MR) is 225 cm³/mol. The van der Waals surface area contributed by atoms with E-state index in [1.807, 2.05) is 36.4 Å². The smallest absolute Gasteiger partial charge is 0.164 e. The van der Waals surface area contributed by atoms with Gasteiger partial charge in [0.1, 0.15) is 0 Å². The van der Waals surface area contributed by atoms with E-state index in [1.54, 1.807) is 11.1 Å². The molecule has 5 atom stereocenters. The molecule has 4 saturated carbocycles. The van der Waals surface area contributed by atoms with Crippen molar-refractivity contribution in [3.63, 3.8) is 0 Å². The number of hydrogen-bond donors (Lipinski definition) is 0. The highest BCUT2D eigenvalue weighted by molar-refractivity contribution is 9.10. The van der Waals surface area contributed by atoms with Crippen LogP contribution in [0.5, 0.6) is 0 Å². The van der Waals surface area contributed by atoms with E-state index in [0.29, 0.717) is 33.7 Å². The second kappa shape index (κ2) is 11.0. The summed E-state index contributed by atoms with van der Waals surface area (Å²) in [6.07, 6.45) is 5.53. The Kier molecular flexibility index (Phi) is 6.41. The van der Waals surface area contributed by atoms with Crippen molar-refractivity contribution >= 4 is 15.9 Å². The van der Waals surface area contributed by atoms with Crippen molar-refractivity contribution in [1.29, 1.82) is 0 Å². The second-order valence-corrected chi connectivity index (χ2v) is 18.4. The SMILES string of the molecule is CC1(C)c2cc(-c3ccc(C45CC6CC7CC(c8ccc(Br)cc8)(C4)C765)cc3)ccc2-c2ccc(-c3nc(-c4ccccc4)nc(-c4ccccc4)n3)cc21. The van der Waals surface area contributed by atoms with Crippen LogP contribution in [0, 0.1) is 17.3 Å². The maximum absolute atomic E-state index is 5.04. The molecule has 1 aromatic heterocycles. The molecule has 12 rings (SSSR count). The van der Waals surface area contributed by atoms with E-state index in [-0.39, 0.29) is 5.41 Å². The van der Waals surface area contributed by atoms with Gasteiger partial charge in [-0.2, -0.15) is 0 Å². The average Bonchev–Trinajstić information content (AvgIpc) is 3.43. The summed E-state index contributed by atoms with van der Waals surface area (Å²) in [5, 5.41) is 0.